The third-order valence-corrected chi connectivity index (χ3v) is 5.38. The molecule has 0 radical (unpaired) electrons. The fourth-order valence-electron chi connectivity index (χ4n) is 1.83. The average molecular weight is 415 g/mol. The number of thioether (sulfide) groups is 1. The van der Waals surface area contributed by atoms with Crippen molar-refractivity contribution in [3.8, 4) is 0 Å². The van der Waals surface area contributed by atoms with E-state index >= 15 is 0 Å². The minimum Gasteiger partial charge on any atom is -0.394 e. The Hall–Kier alpha value is -1.81. The monoisotopic (exact) mass is 414 g/mol. The highest BCUT2D eigenvalue weighted by Crippen LogP contribution is 2.15. The molecule has 0 aromatic carbocycles. The van der Waals surface area contributed by atoms with E-state index in [4.69, 9.17) is 16.2 Å². The highest BCUT2D eigenvalue weighted by molar-refractivity contribution is 8.03. The van der Waals surface area contributed by atoms with E-state index in [1.165, 1.54) is 11.8 Å². The number of ether oxygens (including phenoxy) is 1. The van der Waals surface area contributed by atoms with Gasteiger partial charge in [-0.25, -0.2) is 8.51 Å². The van der Waals surface area contributed by atoms with Crippen LogP contribution in [0.1, 0.15) is 0 Å². The molecule has 27 heavy (non-hydrogen) atoms. The van der Waals surface area contributed by atoms with Crippen LogP contribution in [0.5, 0.6) is 0 Å². The van der Waals surface area contributed by atoms with Crippen LogP contribution in [0.2, 0.25) is 0 Å². The van der Waals surface area contributed by atoms with E-state index in [1.54, 1.807) is 41.9 Å². The largest absolute Gasteiger partial charge is 0.394 e. The molecule has 1 fully saturated rings. The van der Waals surface area contributed by atoms with E-state index in [2.05, 4.69) is 18.5 Å². The van der Waals surface area contributed by atoms with Crippen LogP contribution in [0, 0.1) is 0 Å². The number of hydrogen-bond donors (Lipinski definition) is 3. The number of aldehydes is 1. The summed E-state index contributed by atoms with van der Waals surface area (Å²) in [7, 11) is 0.696. The van der Waals surface area contributed by atoms with Gasteiger partial charge in [0.15, 0.2) is 0 Å². The summed E-state index contributed by atoms with van der Waals surface area (Å²) in [6, 6.07) is -0.324. The van der Waals surface area contributed by atoms with Crippen molar-refractivity contribution in [3.63, 3.8) is 0 Å². The Morgan fingerprint density at radius 3 is 2.56 bits per heavy atom. The molecule has 152 valence electrons. The second-order valence-electron chi connectivity index (χ2n) is 5.25. The van der Waals surface area contributed by atoms with Gasteiger partial charge in [0.1, 0.15) is 12.3 Å². The molecule has 1 aliphatic heterocycles. The zero-order valence-electron chi connectivity index (χ0n) is 15.9. The van der Waals surface area contributed by atoms with Gasteiger partial charge in [0, 0.05) is 25.6 Å². The second kappa shape index (κ2) is 15.3. The minimum absolute atomic E-state index is 0.324. The fraction of sp³-hybridized carbons (Fsp3) is 0.389. The molecule has 0 amide bonds. The number of allylic oxidation sites excluding steroid dienone is 5. The first-order valence-electron chi connectivity index (χ1n) is 8.20. The second-order valence-corrected chi connectivity index (χ2v) is 7.62. The van der Waals surface area contributed by atoms with E-state index in [0.717, 1.165) is 17.6 Å². The minimum atomic E-state index is -1.06. The summed E-state index contributed by atoms with van der Waals surface area (Å²) in [6.45, 7) is 8.85. The number of nitrogens with zero attached hydrogens (tertiary/aromatic N) is 1. The van der Waals surface area contributed by atoms with Crippen molar-refractivity contribution in [2.45, 2.75) is 6.04 Å². The van der Waals surface area contributed by atoms with Gasteiger partial charge in [0.25, 0.3) is 0 Å². The van der Waals surface area contributed by atoms with Crippen molar-refractivity contribution in [2.75, 3.05) is 38.8 Å². The van der Waals surface area contributed by atoms with Gasteiger partial charge in [-0.05, 0) is 17.7 Å². The van der Waals surface area contributed by atoms with Crippen LogP contribution in [-0.2, 0) is 20.5 Å². The summed E-state index contributed by atoms with van der Waals surface area (Å²) in [5.74, 6) is 1.35. The number of carbonyl (C=O) groups excluding carboxylic acids is 1. The van der Waals surface area contributed by atoms with Gasteiger partial charge >= 0.3 is 0 Å². The zero-order valence-corrected chi connectivity index (χ0v) is 17.6. The van der Waals surface area contributed by atoms with Crippen molar-refractivity contribution in [1.29, 1.82) is 0 Å². The first-order chi connectivity index (χ1) is 12.9. The lowest BCUT2D eigenvalue weighted by Gasteiger charge is -2.29. The smallest absolute Gasteiger partial charge is 0.140 e. The molecular weight excluding hydrogens is 384 g/mol. The fourth-order valence-corrected chi connectivity index (χ4v) is 3.37. The predicted octanol–water partition coefficient (Wildman–Crippen LogP) is 1.02. The van der Waals surface area contributed by atoms with Crippen LogP contribution in [0.3, 0.4) is 0 Å². The molecule has 9 heteroatoms. The Labute approximate surface area is 168 Å². The topological polar surface area (TPSA) is 111 Å². The van der Waals surface area contributed by atoms with Crippen molar-refractivity contribution in [3.05, 3.63) is 60.0 Å². The van der Waals surface area contributed by atoms with Crippen molar-refractivity contribution < 1.29 is 13.7 Å². The molecule has 0 aromatic heterocycles. The van der Waals surface area contributed by atoms with Gasteiger partial charge in [-0.3, -0.25) is 0 Å². The molecule has 7 nitrogen and oxygen atoms in total. The SMILES string of the molecule is C=C/C=C(\C=C)CS/C(N)=C/C=C(\N)NC.CS(=O)N1CCOCC1C=O. The lowest BCUT2D eigenvalue weighted by molar-refractivity contribution is -0.114. The Kier molecular flexibility index (Phi) is 14.2. The first-order valence-corrected chi connectivity index (χ1v) is 10.7. The van der Waals surface area contributed by atoms with Gasteiger partial charge in [-0.1, -0.05) is 31.4 Å². The van der Waals surface area contributed by atoms with Gasteiger partial charge in [0.2, 0.25) is 0 Å². The lowest BCUT2D eigenvalue weighted by atomic mass is 10.3. The highest BCUT2D eigenvalue weighted by atomic mass is 32.2. The van der Waals surface area contributed by atoms with Gasteiger partial charge < -0.3 is 26.3 Å². The molecule has 2 atom stereocenters. The van der Waals surface area contributed by atoms with E-state index in [-0.39, 0.29) is 6.04 Å². The van der Waals surface area contributed by atoms with Gasteiger partial charge in [0.05, 0.1) is 35.0 Å². The molecule has 0 spiro atoms. The quantitative estimate of drug-likeness (QED) is 0.381. The average Bonchev–Trinajstić information content (AvgIpc) is 2.69. The van der Waals surface area contributed by atoms with Gasteiger partial charge in [-0.2, -0.15) is 0 Å². The Balaban J connectivity index is 0.000000533. The number of nitrogens with one attached hydrogen (secondary N) is 1. The van der Waals surface area contributed by atoms with Crippen LogP contribution in [-0.4, -0.2) is 59.7 Å². The maximum absolute atomic E-state index is 11.0. The number of carbonyl (C=O) groups is 1. The summed E-state index contributed by atoms with van der Waals surface area (Å²) in [5, 5.41) is 3.51. The van der Waals surface area contributed by atoms with Crippen LogP contribution >= 0.6 is 11.8 Å². The Morgan fingerprint density at radius 2 is 2.07 bits per heavy atom. The summed E-state index contributed by atoms with van der Waals surface area (Å²) in [5.41, 5.74) is 12.4. The Bertz CT molecular complexity index is 603. The molecule has 1 heterocycles. The van der Waals surface area contributed by atoms with E-state index in [1.807, 2.05) is 6.08 Å². The molecule has 2 unspecified atom stereocenters. The molecule has 5 N–H and O–H groups in total. The molecule has 0 bridgehead atoms. The molecule has 0 aliphatic carbocycles. The Morgan fingerprint density at radius 1 is 1.37 bits per heavy atom. The molecule has 0 aromatic rings. The number of morpholine rings is 1. The third-order valence-electron chi connectivity index (χ3n) is 3.32. The molecule has 1 saturated heterocycles. The van der Waals surface area contributed by atoms with Crippen molar-refractivity contribution in [1.82, 2.24) is 9.62 Å². The zero-order chi connectivity index (χ0) is 20.7. The lowest BCUT2D eigenvalue weighted by Crippen LogP contribution is -2.46. The predicted molar refractivity (Wildman–Crippen MR) is 116 cm³/mol. The molecular formula is C18H30N4O3S2. The van der Waals surface area contributed by atoms with E-state index < -0.39 is 11.0 Å². The number of hydrogen-bond acceptors (Lipinski definition) is 7. The molecule has 0 saturated carbocycles. The maximum atomic E-state index is 11.0. The summed E-state index contributed by atoms with van der Waals surface area (Å²) < 4.78 is 17.7. The van der Waals surface area contributed by atoms with Crippen molar-refractivity contribution in [2.24, 2.45) is 11.5 Å². The molecule has 1 rings (SSSR count). The van der Waals surface area contributed by atoms with Gasteiger partial charge in [-0.15, -0.1) is 11.8 Å². The van der Waals surface area contributed by atoms with E-state index in [9.17, 15) is 9.00 Å². The number of nitrogens with two attached hydrogens (primary N) is 2. The maximum Gasteiger partial charge on any atom is 0.140 e. The van der Waals surface area contributed by atoms with Crippen molar-refractivity contribution >= 4 is 29.0 Å². The normalized spacial score (nSPS) is 20.1. The number of rotatable bonds is 9. The third kappa shape index (κ3) is 11.5. The van der Waals surface area contributed by atoms with Crippen LogP contribution in [0.25, 0.3) is 0 Å². The molecule has 1 aliphatic rings. The highest BCUT2D eigenvalue weighted by Gasteiger charge is 2.24. The van der Waals surface area contributed by atoms with Crippen LogP contribution < -0.4 is 16.8 Å². The summed E-state index contributed by atoms with van der Waals surface area (Å²) >= 11 is 1.53. The standard InChI is InChI=1S/C12H19N3S.C6H11NO3S/c1-4-6-10(5-2)9-16-12(14)8-7-11(13)15-3;1-11(9)7-2-3-10-5-6(7)4-8/h4-8,15H,1-2,9,13-14H2,3H3;4,6H,2-3,5H2,1H3/b10-6+,11-7+,12-8+;. The van der Waals surface area contributed by atoms with E-state index in [0.29, 0.717) is 30.6 Å². The first kappa shape index (κ1) is 25.2. The van der Waals surface area contributed by atoms with Crippen LogP contribution in [0.4, 0.5) is 0 Å². The summed E-state index contributed by atoms with van der Waals surface area (Å²) in [4.78, 5) is 10.4. The summed E-state index contributed by atoms with van der Waals surface area (Å²) in [6.07, 6.45) is 11.3. The van der Waals surface area contributed by atoms with Crippen LogP contribution in [0.15, 0.2) is 60.0 Å².